The predicted molar refractivity (Wildman–Crippen MR) is 132 cm³/mol. The molecule has 0 bridgehead atoms. The van der Waals surface area contributed by atoms with Crippen LogP contribution in [0, 0.1) is 5.82 Å². The van der Waals surface area contributed by atoms with E-state index in [0.717, 1.165) is 12.4 Å². The number of para-hydroxylation sites is 1. The number of aromatic nitrogens is 6. The number of anilines is 1. The number of ether oxygens (including phenoxy) is 3. The van der Waals surface area contributed by atoms with Crippen LogP contribution in [-0.4, -0.2) is 64.7 Å². The summed E-state index contributed by atoms with van der Waals surface area (Å²) in [5, 5.41) is 7.33. The molecule has 3 aromatic heterocycles. The second kappa shape index (κ2) is 10.7. The minimum atomic E-state index is -4.05. The first-order valence-corrected chi connectivity index (χ1v) is 12.5. The summed E-state index contributed by atoms with van der Waals surface area (Å²) < 4.78 is 60.1. The maximum absolute atomic E-state index is 13.3. The van der Waals surface area contributed by atoms with Crippen molar-refractivity contribution in [2.24, 2.45) is 0 Å². The fourth-order valence-corrected chi connectivity index (χ4v) is 4.44. The lowest BCUT2D eigenvalue weighted by Crippen LogP contribution is -2.29. The van der Waals surface area contributed by atoms with Gasteiger partial charge in [-0.3, -0.25) is 14.3 Å². The van der Waals surface area contributed by atoms with Crippen LogP contribution in [0.15, 0.2) is 48.9 Å². The number of methoxy groups -OCH3 is 3. The van der Waals surface area contributed by atoms with E-state index >= 15 is 0 Å². The first-order chi connectivity index (χ1) is 17.8. The number of rotatable bonds is 10. The summed E-state index contributed by atoms with van der Waals surface area (Å²) in [6.45, 7) is 1.48. The third-order valence-corrected chi connectivity index (χ3v) is 7.08. The molecule has 37 heavy (non-hydrogen) atoms. The Morgan fingerprint density at radius 1 is 1.00 bits per heavy atom. The average molecular weight is 530 g/mol. The molecule has 12 nitrogen and oxygen atoms in total. The summed E-state index contributed by atoms with van der Waals surface area (Å²) in [5.74, 6) is 0.890. The Kier molecular flexibility index (Phi) is 7.47. The lowest BCUT2D eigenvalue weighted by molar-refractivity contribution is 0.391. The summed E-state index contributed by atoms with van der Waals surface area (Å²) in [4.78, 5) is 12.0. The molecule has 4 aromatic rings. The number of hydrogen-bond acceptors (Lipinski definition) is 10. The van der Waals surface area contributed by atoms with E-state index in [1.54, 1.807) is 30.3 Å². The fourth-order valence-electron chi connectivity index (χ4n) is 3.48. The molecule has 0 saturated heterocycles. The van der Waals surface area contributed by atoms with Crippen LogP contribution in [0.25, 0.3) is 17.2 Å². The lowest BCUT2D eigenvalue weighted by atomic mass is 10.2. The topological polar surface area (TPSA) is 143 Å². The molecular weight excluding hydrogens is 505 g/mol. The summed E-state index contributed by atoms with van der Waals surface area (Å²) in [6, 6.07) is 8.40. The molecule has 0 aliphatic rings. The highest BCUT2D eigenvalue weighted by Crippen LogP contribution is 2.37. The zero-order valence-corrected chi connectivity index (χ0v) is 21.2. The van der Waals surface area contributed by atoms with Gasteiger partial charge in [-0.25, -0.2) is 22.8 Å². The normalized spacial score (nSPS) is 12.1. The van der Waals surface area contributed by atoms with Crippen LogP contribution in [0.2, 0.25) is 0 Å². The van der Waals surface area contributed by atoms with Crippen molar-refractivity contribution in [2.45, 2.75) is 18.6 Å². The van der Waals surface area contributed by atoms with Gasteiger partial charge < -0.3 is 14.2 Å². The van der Waals surface area contributed by atoms with Crippen molar-refractivity contribution in [2.75, 3.05) is 26.1 Å². The van der Waals surface area contributed by atoms with E-state index in [-0.39, 0.29) is 24.0 Å². The highest BCUT2D eigenvalue weighted by molar-refractivity contribution is 7.93. The molecule has 0 amide bonds. The summed E-state index contributed by atoms with van der Waals surface area (Å²) >= 11 is 0. The van der Waals surface area contributed by atoms with E-state index < -0.39 is 21.1 Å². The smallest absolute Gasteiger partial charge is 0.243 e. The molecule has 3 heterocycles. The van der Waals surface area contributed by atoms with E-state index in [4.69, 9.17) is 14.2 Å². The zero-order chi connectivity index (χ0) is 26.6. The quantitative estimate of drug-likeness (QED) is 0.326. The van der Waals surface area contributed by atoms with Crippen LogP contribution < -0.4 is 18.9 Å². The fraction of sp³-hybridized carbons (Fsp3) is 0.261. The third-order valence-electron chi connectivity index (χ3n) is 5.39. The molecule has 1 aromatic carbocycles. The number of nitrogens with zero attached hydrogens (tertiary/aromatic N) is 6. The average Bonchev–Trinajstić information content (AvgIpc) is 3.31. The second-order valence-corrected chi connectivity index (χ2v) is 9.85. The van der Waals surface area contributed by atoms with Crippen molar-refractivity contribution in [1.82, 2.24) is 29.7 Å². The van der Waals surface area contributed by atoms with Gasteiger partial charge in [0.2, 0.25) is 16.0 Å². The van der Waals surface area contributed by atoms with Crippen molar-refractivity contribution in [1.29, 1.82) is 0 Å². The number of sulfonamides is 1. The van der Waals surface area contributed by atoms with E-state index in [1.165, 1.54) is 39.0 Å². The van der Waals surface area contributed by atoms with Crippen molar-refractivity contribution in [3.05, 3.63) is 60.6 Å². The highest BCUT2D eigenvalue weighted by atomic mass is 32.2. The van der Waals surface area contributed by atoms with Gasteiger partial charge in [-0.2, -0.15) is 0 Å². The van der Waals surface area contributed by atoms with E-state index in [0.29, 0.717) is 28.6 Å². The Morgan fingerprint density at radius 3 is 2.30 bits per heavy atom. The largest absolute Gasteiger partial charge is 0.497 e. The minimum absolute atomic E-state index is 0.0635. The van der Waals surface area contributed by atoms with Gasteiger partial charge in [0.25, 0.3) is 0 Å². The van der Waals surface area contributed by atoms with Crippen LogP contribution in [-0.2, 0) is 16.4 Å². The number of benzene rings is 1. The Hall–Kier alpha value is -4.33. The number of hydrogen-bond donors (Lipinski definition) is 1. The summed E-state index contributed by atoms with van der Waals surface area (Å²) in [5.41, 5.74) is 0.711. The Bertz CT molecular complexity index is 1470. The first kappa shape index (κ1) is 25.8. The lowest BCUT2D eigenvalue weighted by Gasteiger charge is -2.19. The second-order valence-electron chi connectivity index (χ2n) is 7.75. The molecule has 0 spiro atoms. The molecule has 0 aliphatic heterocycles. The number of halogens is 1. The predicted octanol–water partition coefficient (Wildman–Crippen LogP) is 2.66. The maximum atomic E-state index is 13.3. The van der Waals surface area contributed by atoms with Gasteiger partial charge >= 0.3 is 0 Å². The van der Waals surface area contributed by atoms with Crippen LogP contribution in [0.3, 0.4) is 0 Å². The Balaban J connectivity index is 1.82. The van der Waals surface area contributed by atoms with Gasteiger partial charge in [0.15, 0.2) is 11.6 Å². The molecule has 0 radical (unpaired) electrons. The minimum Gasteiger partial charge on any atom is -0.497 e. The molecule has 1 atom stereocenters. The summed E-state index contributed by atoms with van der Waals surface area (Å²) in [6.07, 6.45) is 3.42. The van der Waals surface area contributed by atoms with Gasteiger partial charge in [-0.15, -0.1) is 10.2 Å². The van der Waals surface area contributed by atoms with Gasteiger partial charge in [0.05, 0.1) is 39.0 Å². The van der Waals surface area contributed by atoms with Gasteiger partial charge in [0.1, 0.15) is 34.5 Å². The molecule has 1 unspecified atom stereocenters. The molecule has 0 fully saturated rings. The van der Waals surface area contributed by atoms with Crippen LogP contribution in [0.1, 0.15) is 12.7 Å². The standard InChI is InChI=1S/C23H24FN7O5S/c1-14(10-20-26-12-15(24)13-27-20)37(32,33)30-23-29-28-22(17-11-16(34-2)8-9-25-17)31(23)21-18(35-3)6-5-7-19(21)36-4/h5-9,11-14H,10H2,1-4H3,(H,29,30). The molecule has 0 saturated carbocycles. The van der Waals surface area contributed by atoms with Crippen LogP contribution in [0.5, 0.6) is 17.2 Å². The zero-order valence-electron chi connectivity index (χ0n) is 20.4. The van der Waals surface area contributed by atoms with Crippen LogP contribution in [0.4, 0.5) is 10.3 Å². The van der Waals surface area contributed by atoms with E-state index in [1.807, 2.05) is 0 Å². The molecule has 194 valence electrons. The Labute approximate surface area is 212 Å². The number of pyridine rings is 1. The maximum Gasteiger partial charge on any atom is 0.243 e. The SMILES string of the molecule is COc1ccnc(-c2nnc(NS(=O)(=O)C(C)Cc3ncc(F)cn3)n2-c2c(OC)cccc2OC)c1. The third kappa shape index (κ3) is 5.43. The summed E-state index contributed by atoms with van der Waals surface area (Å²) in [7, 11) is 0.412. The van der Waals surface area contributed by atoms with Gasteiger partial charge in [-0.05, 0) is 25.1 Å². The Morgan fingerprint density at radius 2 is 1.68 bits per heavy atom. The van der Waals surface area contributed by atoms with Gasteiger partial charge in [-0.1, -0.05) is 6.07 Å². The molecule has 0 aliphatic carbocycles. The monoisotopic (exact) mass is 529 g/mol. The van der Waals surface area contributed by atoms with E-state index in [9.17, 15) is 12.8 Å². The molecular formula is C23H24FN7O5S. The highest BCUT2D eigenvalue weighted by Gasteiger charge is 2.29. The molecule has 14 heteroatoms. The van der Waals surface area contributed by atoms with E-state index in [2.05, 4.69) is 29.9 Å². The van der Waals surface area contributed by atoms with Gasteiger partial charge in [0, 0.05) is 18.7 Å². The van der Waals surface area contributed by atoms with Crippen molar-refractivity contribution in [3.63, 3.8) is 0 Å². The van der Waals surface area contributed by atoms with Crippen molar-refractivity contribution >= 4 is 16.0 Å². The number of nitrogens with one attached hydrogen (secondary N) is 1. The van der Waals surface area contributed by atoms with Crippen molar-refractivity contribution < 1.29 is 27.0 Å². The van der Waals surface area contributed by atoms with Crippen molar-refractivity contribution in [3.8, 4) is 34.5 Å². The molecule has 4 rings (SSSR count). The molecule has 1 N–H and O–H groups in total. The van der Waals surface area contributed by atoms with Crippen LogP contribution >= 0.6 is 0 Å². The first-order valence-electron chi connectivity index (χ1n) is 10.9.